The van der Waals surface area contributed by atoms with Gasteiger partial charge >= 0.3 is 0 Å². The van der Waals surface area contributed by atoms with Crippen molar-refractivity contribution in [1.82, 2.24) is 14.5 Å². The summed E-state index contributed by atoms with van der Waals surface area (Å²) < 4.78 is 21.6. The topological polar surface area (TPSA) is 50.6 Å². The number of nitrogens with zero attached hydrogens (tertiary/aromatic N) is 4. The van der Waals surface area contributed by atoms with E-state index in [9.17, 15) is 9.18 Å². The van der Waals surface area contributed by atoms with Crippen molar-refractivity contribution in [3.63, 3.8) is 0 Å². The molecule has 4 rings (SSSR count). The highest BCUT2D eigenvalue weighted by Crippen LogP contribution is 2.24. The maximum absolute atomic E-state index is 14.2. The summed E-state index contributed by atoms with van der Waals surface area (Å²) >= 11 is 0. The van der Waals surface area contributed by atoms with Crippen LogP contribution in [0.4, 0.5) is 10.3 Å². The summed E-state index contributed by atoms with van der Waals surface area (Å²) in [6.07, 6.45) is 3.42. The Kier molecular flexibility index (Phi) is 5.46. The number of anilines is 1. The van der Waals surface area contributed by atoms with Crippen LogP contribution in [0.2, 0.25) is 0 Å². The molecule has 0 atom stereocenters. The van der Waals surface area contributed by atoms with Gasteiger partial charge in [0.2, 0.25) is 5.95 Å². The first-order valence-electron chi connectivity index (χ1n) is 9.73. The molecule has 7 heteroatoms. The van der Waals surface area contributed by atoms with Crippen LogP contribution in [0, 0.1) is 5.82 Å². The Morgan fingerprint density at radius 2 is 1.79 bits per heavy atom. The summed E-state index contributed by atoms with van der Waals surface area (Å²) in [5.74, 6) is 0.952. The second-order valence-corrected chi connectivity index (χ2v) is 6.76. The van der Waals surface area contributed by atoms with Crippen LogP contribution in [-0.2, 0) is 0 Å². The zero-order chi connectivity index (χ0) is 20.2. The molecule has 2 heterocycles. The molecule has 1 aliphatic heterocycles. The molecule has 2 aromatic carbocycles. The van der Waals surface area contributed by atoms with Gasteiger partial charge < -0.3 is 14.5 Å². The molecule has 0 radical (unpaired) electrons. The van der Waals surface area contributed by atoms with Crippen LogP contribution >= 0.6 is 0 Å². The summed E-state index contributed by atoms with van der Waals surface area (Å²) in [6, 6.07) is 14.0. The van der Waals surface area contributed by atoms with E-state index in [0.717, 1.165) is 0 Å². The second kappa shape index (κ2) is 8.34. The standard InChI is InChI=1S/C22H23FN4O2/c1-2-29-20-10-6-3-7-17(20)21(28)25-13-15-26(16-14-25)22-24-11-12-27(22)19-9-5-4-8-18(19)23/h3-12H,2,13-16H2,1H3. The van der Waals surface area contributed by atoms with Gasteiger partial charge in [0.05, 0.1) is 17.9 Å². The summed E-state index contributed by atoms with van der Waals surface area (Å²) in [7, 11) is 0. The van der Waals surface area contributed by atoms with Crippen LogP contribution in [-0.4, -0.2) is 53.1 Å². The van der Waals surface area contributed by atoms with E-state index >= 15 is 0 Å². The highest BCUT2D eigenvalue weighted by atomic mass is 19.1. The fourth-order valence-electron chi connectivity index (χ4n) is 3.57. The van der Waals surface area contributed by atoms with Gasteiger partial charge in [-0.15, -0.1) is 0 Å². The molecule has 1 fully saturated rings. The molecule has 0 aliphatic carbocycles. The quantitative estimate of drug-likeness (QED) is 0.666. The van der Waals surface area contributed by atoms with Crippen molar-refractivity contribution in [2.24, 2.45) is 0 Å². The Morgan fingerprint density at radius 1 is 1.07 bits per heavy atom. The van der Waals surface area contributed by atoms with E-state index in [2.05, 4.69) is 9.88 Å². The lowest BCUT2D eigenvalue weighted by Crippen LogP contribution is -2.49. The molecule has 29 heavy (non-hydrogen) atoms. The minimum atomic E-state index is -0.298. The van der Waals surface area contributed by atoms with E-state index in [4.69, 9.17) is 4.74 Å². The number of rotatable bonds is 5. The Morgan fingerprint density at radius 3 is 2.55 bits per heavy atom. The molecule has 150 valence electrons. The highest BCUT2D eigenvalue weighted by molar-refractivity contribution is 5.97. The van der Waals surface area contributed by atoms with Crippen molar-refractivity contribution in [2.45, 2.75) is 6.92 Å². The SMILES string of the molecule is CCOc1ccccc1C(=O)N1CCN(c2nccn2-c2ccccc2F)CC1. The van der Waals surface area contributed by atoms with Gasteiger partial charge in [-0.1, -0.05) is 24.3 Å². The predicted octanol–water partition coefficient (Wildman–Crippen LogP) is 3.37. The predicted molar refractivity (Wildman–Crippen MR) is 109 cm³/mol. The minimum absolute atomic E-state index is 0.0360. The Hall–Kier alpha value is -3.35. The number of hydrogen-bond acceptors (Lipinski definition) is 4. The van der Waals surface area contributed by atoms with E-state index < -0.39 is 0 Å². The first kappa shape index (κ1) is 19.0. The third-order valence-electron chi connectivity index (χ3n) is 5.00. The number of amides is 1. The highest BCUT2D eigenvalue weighted by Gasteiger charge is 2.26. The Bertz CT molecular complexity index is 996. The molecule has 0 N–H and O–H groups in total. The number of carbonyl (C=O) groups is 1. The minimum Gasteiger partial charge on any atom is -0.493 e. The third kappa shape index (κ3) is 3.81. The average Bonchev–Trinajstić information content (AvgIpc) is 3.24. The molecule has 1 saturated heterocycles. The summed E-state index contributed by atoms with van der Waals surface area (Å²) in [5, 5.41) is 0. The zero-order valence-corrected chi connectivity index (χ0v) is 16.3. The molecule has 1 aromatic heterocycles. The monoisotopic (exact) mass is 394 g/mol. The fraction of sp³-hybridized carbons (Fsp3) is 0.273. The normalized spacial score (nSPS) is 14.1. The van der Waals surface area contributed by atoms with Crippen LogP contribution in [0.15, 0.2) is 60.9 Å². The largest absolute Gasteiger partial charge is 0.493 e. The van der Waals surface area contributed by atoms with E-state index in [-0.39, 0.29) is 11.7 Å². The molecule has 0 spiro atoms. The first-order chi connectivity index (χ1) is 14.2. The Balaban J connectivity index is 1.48. The van der Waals surface area contributed by atoms with Crippen LogP contribution in [0.3, 0.4) is 0 Å². The van der Waals surface area contributed by atoms with Crippen LogP contribution in [0.5, 0.6) is 5.75 Å². The lowest BCUT2D eigenvalue weighted by molar-refractivity contribution is 0.0742. The smallest absolute Gasteiger partial charge is 0.257 e. The van der Waals surface area contributed by atoms with Gasteiger partial charge in [-0.25, -0.2) is 9.37 Å². The number of aromatic nitrogens is 2. The number of piperazine rings is 1. The van der Waals surface area contributed by atoms with E-state index in [1.54, 1.807) is 41.2 Å². The van der Waals surface area contributed by atoms with Crippen molar-refractivity contribution >= 4 is 11.9 Å². The maximum atomic E-state index is 14.2. The van der Waals surface area contributed by atoms with Gasteiger partial charge in [-0.2, -0.15) is 0 Å². The van der Waals surface area contributed by atoms with Gasteiger partial charge in [0.25, 0.3) is 5.91 Å². The van der Waals surface area contributed by atoms with E-state index in [1.807, 2.05) is 30.0 Å². The number of para-hydroxylation sites is 2. The fourth-order valence-corrected chi connectivity index (χ4v) is 3.57. The number of hydrogen-bond donors (Lipinski definition) is 0. The summed E-state index contributed by atoms with van der Waals surface area (Å²) in [4.78, 5) is 21.3. The molecule has 3 aromatic rings. The van der Waals surface area contributed by atoms with Crippen molar-refractivity contribution in [3.8, 4) is 11.4 Å². The summed E-state index contributed by atoms with van der Waals surface area (Å²) in [6.45, 7) is 4.77. The van der Waals surface area contributed by atoms with Crippen molar-refractivity contribution < 1.29 is 13.9 Å². The maximum Gasteiger partial charge on any atom is 0.257 e. The van der Waals surface area contributed by atoms with Crippen LogP contribution in [0.25, 0.3) is 5.69 Å². The van der Waals surface area contributed by atoms with Crippen LogP contribution in [0.1, 0.15) is 17.3 Å². The van der Waals surface area contributed by atoms with Gasteiger partial charge in [0.15, 0.2) is 0 Å². The average molecular weight is 394 g/mol. The molecule has 0 unspecified atom stereocenters. The van der Waals surface area contributed by atoms with Crippen molar-refractivity contribution in [2.75, 3.05) is 37.7 Å². The van der Waals surface area contributed by atoms with Gasteiger partial charge in [-0.3, -0.25) is 9.36 Å². The van der Waals surface area contributed by atoms with Crippen LogP contribution < -0.4 is 9.64 Å². The summed E-state index contributed by atoms with van der Waals surface area (Å²) in [5.41, 5.74) is 1.04. The number of imidazole rings is 1. The van der Waals surface area contributed by atoms with Gasteiger partial charge in [-0.05, 0) is 31.2 Å². The number of ether oxygens (including phenoxy) is 1. The third-order valence-corrected chi connectivity index (χ3v) is 5.00. The molecule has 0 bridgehead atoms. The number of halogens is 1. The lowest BCUT2D eigenvalue weighted by atomic mass is 10.1. The molecular formula is C22H23FN4O2. The van der Waals surface area contributed by atoms with Crippen molar-refractivity contribution in [1.29, 1.82) is 0 Å². The van der Waals surface area contributed by atoms with Gasteiger partial charge in [0, 0.05) is 38.6 Å². The number of carbonyl (C=O) groups excluding carboxylic acids is 1. The molecule has 6 nitrogen and oxygen atoms in total. The molecule has 1 amide bonds. The van der Waals surface area contributed by atoms with Gasteiger partial charge in [0.1, 0.15) is 11.6 Å². The van der Waals surface area contributed by atoms with E-state index in [1.165, 1.54) is 6.07 Å². The lowest BCUT2D eigenvalue weighted by Gasteiger charge is -2.35. The molecular weight excluding hydrogens is 371 g/mol. The second-order valence-electron chi connectivity index (χ2n) is 6.76. The molecule has 1 aliphatic rings. The first-order valence-corrected chi connectivity index (χ1v) is 9.73. The van der Waals surface area contributed by atoms with Crippen molar-refractivity contribution in [3.05, 3.63) is 72.3 Å². The Labute approximate surface area is 169 Å². The van der Waals surface area contributed by atoms with E-state index in [0.29, 0.717) is 55.7 Å². The molecule has 0 saturated carbocycles. The zero-order valence-electron chi connectivity index (χ0n) is 16.3. The number of benzene rings is 2.